The number of piperazine rings is 1. The molecule has 29 heavy (non-hydrogen) atoms. The quantitative estimate of drug-likeness (QED) is 0.608. The summed E-state index contributed by atoms with van der Waals surface area (Å²) >= 11 is 0. The zero-order valence-electron chi connectivity index (χ0n) is 16.4. The van der Waals surface area contributed by atoms with E-state index in [9.17, 15) is 13.9 Å². The van der Waals surface area contributed by atoms with E-state index in [0.717, 1.165) is 6.07 Å². The van der Waals surface area contributed by atoms with Crippen LogP contribution in [0.2, 0.25) is 0 Å². The molecule has 1 aliphatic rings. The molecule has 1 fully saturated rings. The number of hydrogen-bond acceptors (Lipinski definition) is 6. The Morgan fingerprint density at radius 3 is 2.83 bits per heavy atom. The fourth-order valence-corrected chi connectivity index (χ4v) is 3.93. The smallest absolute Gasteiger partial charge is 0.181 e. The van der Waals surface area contributed by atoms with Crippen LogP contribution in [-0.4, -0.2) is 56.5 Å². The molecule has 4 rings (SSSR count). The summed E-state index contributed by atoms with van der Waals surface area (Å²) in [5.41, 5.74) is -0.110. The molecule has 0 amide bonds. The van der Waals surface area contributed by atoms with E-state index >= 15 is 0 Å². The van der Waals surface area contributed by atoms with Gasteiger partial charge in [-0.3, -0.25) is 5.10 Å². The van der Waals surface area contributed by atoms with Gasteiger partial charge in [0.2, 0.25) is 0 Å². The van der Waals surface area contributed by atoms with Crippen LogP contribution in [0.4, 0.5) is 14.6 Å². The number of aromatic nitrogens is 4. The Bertz CT molecular complexity index is 1020. The fraction of sp³-hybridized carbons (Fsp3) is 0.450. The van der Waals surface area contributed by atoms with E-state index in [-0.39, 0.29) is 17.6 Å². The lowest BCUT2D eigenvalue weighted by Gasteiger charge is -2.42. The van der Waals surface area contributed by atoms with Gasteiger partial charge in [0.05, 0.1) is 17.3 Å². The Balaban J connectivity index is 1.72. The molecule has 0 radical (unpaired) electrons. The van der Waals surface area contributed by atoms with Crippen molar-refractivity contribution in [3.63, 3.8) is 0 Å². The van der Waals surface area contributed by atoms with Crippen LogP contribution < -0.4 is 10.2 Å². The van der Waals surface area contributed by atoms with Gasteiger partial charge in [-0.15, -0.1) is 0 Å². The summed E-state index contributed by atoms with van der Waals surface area (Å²) in [7, 11) is 0. The average molecular weight is 402 g/mol. The highest BCUT2D eigenvalue weighted by molar-refractivity contribution is 5.89. The van der Waals surface area contributed by atoms with Crippen molar-refractivity contribution in [1.82, 2.24) is 25.5 Å². The van der Waals surface area contributed by atoms with Crippen molar-refractivity contribution in [2.75, 3.05) is 24.5 Å². The Labute approximate surface area is 167 Å². The standard InChI is InChI=1S/C20H24F2N6O/c1-3-20(29,4-2)15-11-28(9-8-23-15)19-14(22)10-13(21)17(25-19)16-12-6-5-7-24-18(12)27-26-16/h5-7,10,15,23,29H,3-4,8-9,11H2,1-2H3,(H,24,26,27)/t15-/m0/s1. The number of aromatic amines is 1. The normalized spacial score (nSPS) is 17.8. The zero-order valence-corrected chi connectivity index (χ0v) is 16.4. The van der Waals surface area contributed by atoms with Gasteiger partial charge in [-0.05, 0) is 25.0 Å². The lowest BCUT2D eigenvalue weighted by Crippen LogP contribution is -2.61. The van der Waals surface area contributed by atoms with Crippen LogP contribution in [0, 0.1) is 11.6 Å². The van der Waals surface area contributed by atoms with Crippen LogP contribution >= 0.6 is 0 Å². The Hall–Kier alpha value is -2.65. The number of hydrogen-bond donors (Lipinski definition) is 3. The maximum absolute atomic E-state index is 14.7. The Morgan fingerprint density at radius 1 is 1.28 bits per heavy atom. The maximum Gasteiger partial charge on any atom is 0.181 e. The van der Waals surface area contributed by atoms with E-state index in [1.165, 1.54) is 0 Å². The molecule has 0 aromatic carbocycles. The highest BCUT2D eigenvalue weighted by atomic mass is 19.1. The molecular formula is C20H24F2N6O. The summed E-state index contributed by atoms with van der Waals surface area (Å²) in [6, 6.07) is 4.09. The van der Waals surface area contributed by atoms with Gasteiger partial charge in [0.15, 0.2) is 23.1 Å². The number of aliphatic hydroxyl groups is 1. The lowest BCUT2D eigenvalue weighted by atomic mass is 9.87. The highest BCUT2D eigenvalue weighted by Gasteiger charge is 2.37. The first-order chi connectivity index (χ1) is 14.0. The molecule has 3 aromatic rings. The zero-order chi connectivity index (χ0) is 20.6. The van der Waals surface area contributed by atoms with Gasteiger partial charge < -0.3 is 15.3 Å². The van der Waals surface area contributed by atoms with E-state index in [4.69, 9.17) is 0 Å². The maximum atomic E-state index is 14.7. The molecule has 0 aliphatic carbocycles. The minimum atomic E-state index is -0.900. The molecule has 0 spiro atoms. The first-order valence-corrected chi connectivity index (χ1v) is 9.83. The van der Waals surface area contributed by atoms with Crippen molar-refractivity contribution in [3.8, 4) is 11.4 Å². The first kappa shape index (κ1) is 19.7. The number of halogens is 2. The fourth-order valence-electron chi connectivity index (χ4n) is 3.93. The third kappa shape index (κ3) is 3.44. The van der Waals surface area contributed by atoms with E-state index in [2.05, 4.69) is 25.5 Å². The van der Waals surface area contributed by atoms with Gasteiger partial charge in [0.25, 0.3) is 0 Å². The van der Waals surface area contributed by atoms with Crippen LogP contribution in [0.15, 0.2) is 24.4 Å². The van der Waals surface area contributed by atoms with E-state index in [0.29, 0.717) is 49.2 Å². The molecule has 9 heteroatoms. The predicted molar refractivity (Wildman–Crippen MR) is 107 cm³/mol. The summed E-state index contributed by atoms with van der Waals surface area (Å²) in [4.78, 5) is 10.2. The molecule has 1 atom stereocenters. The average Bonchev–Trinajstić information content (AvgIpc) is 3.17. The van der Waals surface area contributed by atoms with Crippen LogP contribution in [-0.2, 0) is 0 Å². The molecule has 7 nitrogen and oxygen atoms in total. The first-order valence-electron chi connectivity index (χ1n) is 9.83. The van der Waals surface area contributed by atoms with Crippen LogP contribution in [0.1, 0.15) is 26.7 Å². The second-order valence-electron chi connectivity index (χ2n) is 7.36. The van der Waals surface area contributed by atoms with Crippen molar-refractivity contribution >= 4 is 16.9 Å². The molecule has 4 heterocycles. The van der Waals surface area contributed by atoms with Gasteiger partial charge in [-0.1, -0.05) is 13.8 Å². The summed E-state index contributed by atoms with van der Waals surface area (Å²) < 4.78 is 29.3. The van der Waals surface area contributed by atoms with Crippen LogP contribution in [0.3, 0.4) is 0 Å². The number of anilines is 1. The highest BCUT2D eigenvalue weighted by Crippen LogP contribution is 2.31. The molecular weight excluding hydrogens is 378 g/mol. The van der Waals surface area contributed by atoms with Crippen molar-refractivity contribution < 1.29 is 13.9 Å². The van der Waals surface area contributed by atoms with Crippen LogP contribution in [0.5, 0.6) is 0 Å². The molecule has 154 valence electrons. The number of pyridine rings is 2. The molecule has 0 unspecified atom stereocenters. The molecule has 0 saturated carbocycles. The largest absolute Gasteiger partial charge is 0.388 e. The second kappa shape index (κ2) is 7.64. The molecule has 1 saturated heterocycles. The summed E-state index contributed by atoms with van der Waals surface area (Å²) in [6.45, 7) is 5.29. The molecule has 1 aliphatic heterocycles. The monoisotopic (exact) mass is 402 g/mol. The Kier molecular flexibility index (Phi) is 5.18. The van der Waals surface area contributed by atoms with Crippen molar-refractivity contribution in [2.24, 2.45) is 0 Å². The van der Waals surface area contributed by atoms with E-state index < -0.39 is 17.2 Å². The molecule has 3 N–H and O–H groups in total. The topological polar surface area (TPSA) is 90.0 Å². The minimum Gasteiger partial charge on any atom is -0.388 e. The van der Waals surface area contributed by atoms with E-state index in [1.54, 1.807) is 23.2 Å². The number of rotatable bonds is 5. The molecule has 0 bridgehead atoms. The summed E-state index contributed by atoms with van der Waals surface area (Å²) in [5, 5.41) is 21.6. The summed E-state index contributed by atoms with van der Waals surface area (Å²) in [5.74, 6) is -1.44. The van der Waals surface area contributed by atoms with Gasteiger partial charge in [-0.2, -0.15) is 5.10 Å². The van der Waals surface area contributed by atoms with Gasteiger partial charge in [-0.25, -0.2) is 18.7 Å². The lowest BCUT2D eigenvalue weighted by molar-refractivity contribution is -0.00680. The number of fused-ring (bicyclic) bond motifs is 1. The SMILES string of the molecule is CCC(O)(CC)[C@@H]1CN(c2nc(-c3[nH]nc4ncccc34)c(F)cc2F)CCN1. The predicted octanol–water partition coefficient (Wildman–Crippen LogP) is 2.63. The molecule has 3 aromatic heterocycles. The van der Waals surface area contributed by atoms with Gasteiger partial charge in [0.1, 0.15) is 5.69 Å². The minimum absolute atomic E-state index is 0.00627. The van der Waals surface area contributed by atoms with Crippen molar-refractivity contribution in [2.45, 2.75) is 38.3 Å². The van der Waals surface area contributed by atoms with Gasteiger partial charge in [0, 0.05) is 37.3 Å². The third-order valence-electron chi connectivity index (χ3n) is 5.83. The number of nitrogens with zero attached hydrogens (tertiary/aromatic N) is 4. The summed E-state index contributed by atoms with van der Waals surface area (Å²) in [6.07, 6.45) is 2.75. The van der Waals surface area contributed by atoms with Crippen LogP contribution in [0.25, 0.3) is 22.4 Å². The second-order valence-corrected chi connectivity index (χ2v) is 7.36. The van der Waals surface area contributed by atoms with Crippen molar-refractivity contribution in [3.05, 3.63) is 36.0 Å². The van der Waals surface area contributed by atoms with Crippen molar-refractivity contribution in [1.29, 1.82) is 0 Å². The van der Waals surface area contributed by atoms with Gasteiger partial charge >= 0.3 is 0 Å². The number of H-pyrrole nitrogens is 1. The number of nitrogens with one attached hydrogen (secondary N) is 2. The van der Waals surface area contributed by atoms with E-state index in [1.807, 2.05) is 13.8 Å². The Morgan fingerprint density at radius 2 is 2.07 bits per heavy atom. The third-order valence-corrected chi connectivity index (χ3v) is 5.83.